The van der Waals surface area contributed by atoms with Crippen molar-refractivity contribution in [1.29, 1.82) is 0 Å². The van der Waals surface area contributed by atoms with E-state index in [0.717, 1.165) is 46.1 Å². The Morgan fingerprint density at radius 1 is 1.07 bits per heavy atom. The highest BCUT2D eigenvalue weighted by molar-refractivity contribution is 7.91. The Kier molecular flexibility index (Phi) is 5.68. The summed E-state index contributed by atoms with van der Waals surface area (Å²) in [7, 11) is -3.13. The lowest BCUT2D eigenvalue weighted by molar-refractivity contribution is 0.0957. The molecular formula is C24H24N2O3S. The van der Waals surface area contributed by atoms with Gasteiger partial charge in [0, 0.05) is 17.7 Å². The van der Waals surface area contributed by atoms with E-state index in [9.17, 15) is 13.2 Å². The monoisotopic (exact) mass is 420 g/mol. The van der Waals surface area contributed by atoms with Crippen LogP contribution in [0.5, 0.6) is 0 Å². The lowest BCUT2D eigenvalue weighted by atomic mass is 10.00. The topological polar surface area (TPSA) is 76.1 Å². The molecule has 0 unspecified atom stereocenters. The summed E-state index contributed by atoms with van der Waals surface area (Å²) in [4.78, 5) is 18.0. The number of rotatable bonds is 6. The third-order valence-electron chi connectivity index (χ3n) is 5.45. The molecule has 3 aromatic rings. The molecule has 5 nitrogen and oxygen atoms in total. The van der Waals surface area contributed by atoms with Crippen molar-refractivity contribution in [3.63, 3.8) is 0 Å². The van der Waals surface area contributed by atoms with Gasteiger partial charge in [0.25, 0.3) is 5.91 Å². The normalized spacial score (nSPS) is 14.8. The Bertz CT molecular complexity index is 1230. The van der Waals surface area contributed by atoms with E-state index >= 15 is 0 Å². The number of amides is 1. The average Bonchev–Trinajstić information content (AvgIpc) is 3.14. The summed E-state index contributed by atoms with van der Waals surface area (Å²) >= 11 is 0. The number of hydrogen-bond donors (Lipinski definition) is 1. The Morgan fingerprint density at radius 3 is 2.57 bits per heavy atom. The molecule has 0 radical (unpaired) electrons. The van der Waals surface area contributed by atoms with Gasteiger partial charge in [-0.2, -0.15) is 0 Å². The van der Waals surface area contributed by atoms with E-state index in [2.05, 4.69) is 11.4 Å². The van der Waals surface area contributed by atoms with Crippen LogP contribution in [-0.4, -0.2) is 37.4 Å². The molecule has 1 aromatic heterocycles. The van der Waals surface area contributed by atoms with Crippen molar-refractivity contribution >= 4 is 38.3 Å². The van der Waals surface area contributed by atoms with Gasteiger partial charge in [-0.05, 0) is 41.7 Å². The van der Waals surface area contributed by atoms with Crippen LogP contribution < -0.4 is 5.32 Å². The van der Waals surface area contributed by atoms with Gasteiger partial charge < -0.3 is 5.32 Å². The number of para-hydroxylation sites is 1. The van der Waals surface area contributed by atoms with Crippen LogP contribution in [0.2, 0.25) is 0 Å². The predicted molar refractivity (Wildman–Crippen MR) is 121 cm³/mol. The van der Waals surface area contributed by atoms with Crippen molar-refractivity contribution in [3.05, 3.63) is 77.0 Å². The fourth-order valence-corrected chi connectivity index (χ4v) is 4.54. The summed E-state index contributed by atoms with van der Waals surface area (Å²) in [6, 6.07) is 17.7. The number of benzene rings is 2. The maximum Gasteiger partial charge on any atom is 0.252 e. The molecule has 2 aromatic carbocycles. The van der Waals surface area contributed by atoms with Gasteiger partial charge in [0.05, 0.1) is 22.5 Å². The van der Waals surface area contributed by atoms with Gasteiger partial charge in [-0.1, -0.05) is 55.5 Å². The minimum Gasteiger partial charge on any atom is -0.351 e. The molecule has 0 fully saturated rings. The van der Waals surface area contributed by atoms with E-state index in [1.54, 1.807) is 6.92 Å². The molecule has 1 amide bonds. The maximum absolute atomic E-state index is 13.1. The van der Waals surface area contributed by atoms with Crippen molar-refractivity contribution in [2.75, 3.05) is 18.1 Å². The molecule has 0 spiro atoms. The fraction of sp³-hybridized carbons (Fsp3) is 0.250. The molecule has 0 aliphatic heterocycles. The van der Waals surface area contributed by atoms with Crippen LogP contribution in [0.3, 0.4) is 0 Å². The maximum atomic E-state index is 13.1. The second-order valence-electron chi connectivity index (χ2n) is 7.40. The number of allylic oxidation sites excluding steroid dienone is 1. The number of hydrogen-bond acceptors (Lipinski definition) is 4. The van der Waals surface area contributed by atoms with Crippen molar-refractivity contribution in [2.24, 2.45) is 0 Å². The van der Waals surface area contributed by atoms with Crippen LogP contribution in [0.15, 0.2) is 54.6 Å². The summed E-state index contributed by atoms with van der Waals surface area (Å²) in [5.41, 5.74) is 5.40. The number of pyridine rings is 1. The van der Waals surface area contributed by atoms with Crippen LogP contribution in [-0.2, 0) is 16.3 Å². The minimum atomic E-state index is -3.13. The fourth-order valence-electron chi connectivity index (χ4n) is 3.84. The van der Waals surface area contributed by atoms with Crippen molar-refractivity contribution in [2.45, 2.75) is 19.8 Å². The Morgan fingerprint density at radius 2 is 1.80 bits per heavy atom. The van der Waals surface area contributed by atoms with Crippen LogP contribution in [0.25, 0.3) is 22.6 Å². The van der Waals surface area contributed by atoms with E-state index < -0.39 is 9.84 Å². The number of nitrogens with zero attached hydrogens (tertiary/aromatic N) is 1. The van der Waals surface area contributed by atoms with Gasteiger partial charge in [-0.25, -0.2) is 13.4 Å². The molecular weight excluding hydrogens is 396 g/mol. The van der Waals surface area contributed by atoms with Gasteiger partial charge in [0.15, 0.2) is 9.84 Å². The number of carbonyl (C=O) groups is 1. The molecule has 0 atom stereocenters. The van der Waals surface area contributed by atoms with Gasteiger partial charge >= 0.3 is 0 Å². The number of sulfone groups is 1. The van der Waals surface area contributed by atoms with Gasteiger partial charge in [0.2, 0.25) is 0 Å². The van der Waals surface area contributed by atoms with Crippen LogP contribution in [0.4, 0.5) is 0 Å². The van der Waals surface area contributed by atoms with E-state index in [0.29, 0.717) is 5.56 Å². The summed E-state index contributed by atoms with van der Waals surface area (Å²) in [5.74, 6) is -0.221. The van der Waals surface area contributed by atoms with Crippen molar-refractivity contribution < 1.29 is 13.2 Å². The van der Waals surface area contributed by atoms with Crippen LogP contribution in [0.1, 0.15) is 40.5 Å². The van der Waals surface area contributed by atoms with Gasteiger partial charge in [-0.3, -0.25) is 4.79 Å². The molecule has 1 aliphatic rings. The second-order valence-corrected chi connectivity index (χ2v) is 9.88. The molecule has 1 heterocycles. The summed E-state index contributed by atoms with van der Waals surface area (Å²) in [6.45, 7) is 1.72. The van der Waals surface area contributed by atoms with Gasteiger partial charge in [0.1, 0.15) is 0 Å². The van der Waals surface area contributed by atoms with Crippen molar-refractivity contribution in [3.8, 4) is 0 Å². The summed E-state index contributed by atoms with van der Waals surface area (Å²) in [5, 5.41) is 3.61. The molecule has 0 bridgehead atoms. The highest BCUT2D eigenvalue weighted by Gasteiger charge is 2.26. The average molecular weight is 421 g/mol. The number of aromatic nitrogens is 1. The van der Waals surface area contributed by atoms with Crippen LogP contribution in [0, 0.1) is 0 Å². The third-order valence-corrected chi connectivity index (χ3v) is 7.15. The standard InChI is InChI=1S/C24H24N2O3S/c1-2-30(28,29)15-14-25-24(27)22-19-10-6-7-11-21(19)26-23-18(12-13-20(22)23)16-17-8-4-3-5-9-17/h3-11,16H,2,12-15H2,1H3,(H,25,27)/b18-16-. The first-order valence-electron chi connectivity index (χ1n) is 10.1. The molecule has 6 heteroatoms. The Balaban J connectivity index is 1.73. The number of carbonyl (C=O) groups excluding carboxylic acids is 1. The Labute approximate surface area is 176 Å². The Hall–Kier alpha value is -2.99. The summed E-state index contributed by atoms with van der Waals surface area (Å²) < 4.78 is 23.5. The molecule has 0 saturated carbocycles. The SMILES string of the molecule is CCS(=O)(=O)CCNC(=O)c1c2c(nc3ccccc13)/C(=C\c1ccccc1)CC2. The second kappa shape index (κ2) is 8.40. The molecule has 1 aliphatic carbocycles. The third kappa shape index (κ3) is 4.14. The smallest absolute Gasteiger partial charge is 0.252 e. The molecule has 4 rings (SSSR count). The first kappa shape index (κ1) is 20.3. The number of nitrogens with one attached hydrogen (secondary N) is 1. The lowest BCUT2D eigenvalue weighted by Gasteiger charge is -2.13. The molecule has 1 N–H and O–H groups in total. The van der Waals surface area contributed by atoms with E-state index in [1.165, 1.54) is 0 Å². The lowest BCUT2D eigenvalue weighted by Crippen LogP contribution is -2.30. The summed E-state index contributed by atoms with van der Waals surface area (Å²) in [6.07, 6.45) is 3.68. The number of fused-ring (bicyclic) bond motifs is 2. The largest absolute Gasteiger partial charge is 0.351 e. The van der Waals surface area contributed by atoms with Gasteiger partial charge in [-0.15, -0.1) is 0 Å². The zero-order valence-electron chi connectivity index (χ0n) is 16.9. The van der Waals surface area contributed by atoms with Crippen LogP contribution >= 0.6 is 0 Å². The zero-order valence-corrected chi connectivity index (χ0v) is 17.7. The highest BCUT2D eigenvalue weighted by Crippen LogP contribution is 2.37. The van der Waals surface area contributed by atoms with E-state index in [1.807, 2.05) is 54.6 Å². The minimum absolute atomic E-state index is 0.0559. The predicted octanol–water partition coefficient (Wildman–Crippen LogP) is 3.89. The zero-order chi connectivity index (χ0) is 21.1. The quantitative estimate of drug-likeness (QED) is 0.656. The first-order valence-corrected chi connectivity index (χ1v) is 12.0. The van der Waals surface area contributed by atoms with Crippen molar-refractivity contribution in [1.82, 2.24) is 10.3 Å². The highest BCUT2D eigenvalue weighted by atomic mass is 32.2. The molecule has 154 valence electrons. The van der Waals surface area contributed by atoms with E-state index in [4.69, 9.17) is 4.98 Å². The van der Waals surface area contributed by atoms with E-state index in [-0.39, 0.29) is 24.0 Å². The molecule has 0 saturated heterocycles. The molecule has 30 heavy (non-hydrogen) atoms. The first-order chi connectivity index (χ1) is 14.5.